The molecule has 1 atom stereocenters. The SMILES string of the molecule is CC(C)N(C)C(=O)CC(NC(=O)C=Cc1cc(Cl)ccc1-n1cnnn1)c1cc(N(C(=O)O)c2ccccc2)c(Cl)nn1. The van der Waals surface area contributed by atoms with Crippen LogP contribution < -0.4 is 10.2 Å². The van der Waals surface area contributed by atoms with E-state index in [0.29, 0.717) is 22.0 Å². The van der Waals surface area contributed by atoms with Crippen LogP contribution in [0.5, 0.6) is 0 Å². The maximum atomic E-state index is 13.2. The first-order chi connectivity index (χ1) is 20.5. The second kappa shape index (κ2) is 13.9. The topological polar surface area (TPSA) is 159 Å². The average molecular weight is 624 g/mol. The fourth-order valence-electron chi connectivity index (χ4n) is 4.00. The molecule has 4 rings (SSSR count). The minimum atomic E-state index is -1.31. The van der Waals surface area contributed by atoms with E-state index in [4.69, 9.17) is 23.2 Å². The van der Waals surface area contributed by atoms with Gasteiger partial charge in [0, 0.05) is 29.8 Å². The van der Waals surface area contributed by atoms with Gasteiger partial charge in [-0.1, -0.05) is 41.4 Å². The molecule has 0 aliphatic carbocycles. The van der Waals surface area contributed by atoms with Gasteiger partial charge >= 0.3 is 6.09 Å². The zero-order valence-electron chi connectivity index (χ0n) is 23.3. The highest BCUT2D eigenvalue weighted by atomic mass is 35.5. The molecule has 0 aliphatic rings. The summed E-state index contributed by atoms with van der Waals surface area (Å²) in [5, 5.41) is 32.3. The zero-order chi connectivity index (χ0) is 31.1. The Morgan fingerprint density at radius 3 is 2.47 bits per heavy atom. The van der Waals surface area contributed by atoms with E-state index in [-0.39, 0.29) is 34.9 Å². The van der Waals surface area contributed by atoms with Crippen LogP contribution in [-0.2, 0) is 9.59 Å². The summed E-state index contributed by atoms with van der Waals surface area (Å²) in [5.41, 5.74) is 1.58. The molecule has 2 heterocycles. The number of carbonyl (C=O) groups excluding carboxylic acids is 2. The summed E-state index contributed by atoms with van der Waals surface area (Å²) in [6, 6.07) is 13.6. The Hall–Kier alpha value is -4.88. The van der Waals surface area contributed by atoms with Crippen molar-refractivity contribution in [2.45, 2.75) is 32.4 Å². The van der Waals surface area contributed by atoms with E-state index in [0.717, 1.165) is 4.90 Å². The number of hydrogen-bond acceptors (Lipinski definition) is 8. The average Bonchev–Trinajstić information content (AvgIpc) is 3.51. The van der Waals surface area contributed by atoms with Crippen LogP contribution in [0.4, 0.5) is 16.2 Å². The number of hydrogen-bond donors (Lipinski definition) is 2. The van der Waals surface area contributed by atoms with Crippen molar-refractivity contribution in [3.8, 4) is 5.69 Å². The van der Waals surface area contributed by atoms with Crippen molar-refractivity contribution < 1.29 is 19.5 Å². The van der Waals surface area contributed by atoms with E-state index in [9.17, 15) is 19.5 Å². The molecule has 0 saturated heterocycles. The van der Waals surface area contributed by atoms with Crippen molar-refractivity contribution in [2.24, 2.45) is 0 Å². The van der Waals surface area contributed by atoms with Crippen molar-refractivity contribution in [2.75, 3.05) is 11.9 Å². The molecule has 2 aromatic heterocycles. The number of amides is 3. The molecular weight excluding hydrogens is 597 g/mol. The lowest BCUT2D eigenvalue weighted by Crippen LogP contribution is -2.37. The van der Waals surface area contributed by atoms with Gasteiger partial charge in [-0.15, -0.1) is 10.2 Å². The van der Waals surface area contributed by atoms with Gasteiger partial charge in [-0.2, -0.15) is 9.78 Å². The number of carboxylic acid groups (broad SMARTS) is 1. The summed E-state index contributed by atoms with van der Waals surface area (Å²) < 4.78 is 1.42. The maximum Gasteiger partial charge on any atom is 0.416 e. The van der Waals surface area contributed by atoms with Crippen LogP contribution in [0, 0.1) is 0 Å². The molecular formula is C28H27Cl2N9O4. The smallest absolute Gasteiger partial charge is 0.416 e. The van der Waals surface area contributed by atoms with E-state index >= 15 is 0 Å². The van der Waals surface area contributed by atoms with Crippen molar-refractivity contribution in [3.63, 3.8) is 0 Å². The number of nitrogens with one attached hydrogen (secondary N) is 1. The van der Waals surface area contributed by atoms with Gasteiger partial charge in [0.1, 0.15) is 6.33 Å². The third kappa shape index (κ3) is 7.70. The van der Waals surface area contributed by atoms with Crippen molar-refractivity contribution in [1.82, 2.24) is 40.6 Å². The summed E-state index contributed by atoms with van der Waals surface area (Å²) >= 11 is 12.5. The number of aromatic nitrogens is 6. The number of para-hydroxylation sites is 1. The fraction of sp³-hybridized carbons (Fsp3) is 0.214. The van der Waals surface area contributed by atoms with Crippen molar-refractivity contribution in [1.29, 1.82) is 0 Å². The Morgan fingerprint density at radius 2 is 1.81 bits per heavy atom. The first kappa shape index (κ1) is 31.1. The molecule has 0 bridgehead atoms. The molecule has 13 nitrogen and oxygen atoms in total. The monoisotopic (exact) mass is 623 g/mol. The number of carbonyl (C=O) groups is 3. The molecule has 2 N–H and O–H groups in total. The highest BCUT2D eigenvalue weighted by Crippen LogP contribution is 2.32. The Labute approximate surface area is 256 Å². The molecule has 0 radical (unpaired) electrons. The van der Waals surface area contributed by atoms with E-state index in [1.807, 2.05) is 13.8 Å². The minimum Gasteiger partial charge on any atom is -0.464 e. The summed E-state index contributed by atoms with van der Waals surface area (Å²) in [5.74, 6) is -0.847. The van der Waals surface area contributed by atoms with E-state index in [1.165, 1.54) is 34.1 Å². The predicted molar refractivity (Wildman–Crippen MR) is 160 cm³/mol. The van der Waals surface area contributed by atoms with Gasteiger partial charge in [0.25, 0.3) is 0 Å². The molecule has 2 aromatic carbocycles. The Kier molecular flexibility index (Phi) is 10.0. The Morgan fingerprint density at radius 1 is 1.07 bits per heavy atom. The molecule has 0 saturated carbocycles. The van der Waals surface area contributed by atoms with Gasteiger partial charge in [-0.3, -0.25) is 9.59 Å². The highest BCUT2D eigenvalue weighted by molar-refractivity contribution is 6.32. The van der Waals surface area contributed by atoms with E-state index < -0.39 is 18.0 Å². The van der Waals surface area contributed by atoms with Gasteiger partial charge in [-0.05, 0) is 66.7 Å². The van der Waals surface area contributed by atoms with Crippen LogP contribution in [0.3, 0.4) is 0 Å². The second-order valence-electron chi connectivity index (χ2n) is 9.55. The van der Waals surface area contributed by atoms with Crippen molar-refractivity contribution in [3.05, 3.63) is 88.4 Å². The lowest BCUT2D eigenvalue weighted by molar-refractivity contribution is -0.132. The normalized spacial score (nSPS) is 11.9. The van der Waals surface area contributed by atoms with Gasteiger partial charge in [0.15, 0.2) is 5.15 Å². The summed E-state index contributed by atoms with van der Waals surface area (Å²) in [4.78, 5) is 41.0. The number of anilines is 2. The molecule has 222 valence electrons. The van der Waals surface area contributed by atoms with Crippen LogP contribution in [0.25, 0.3) is 11.8 Å². The first-order valence-electron chi connectivity index (χ1n) is 12.9. The van der Waals surface area contributed by atoms with Crippen molar-refractivity contribution >= 4 is 58.6 Å². The number of nitrogens with zero attached hydrogens (tertiary/aromatic N) is 8. The lowest BCUT2D eigenvalue weighted by atomic mass is 10.1. The summed E-state index contributed by atoms with van der Waals surface area (Å²) in [6.45, 7) is 3.71. The summed E-state index contributed by atoms with van der Waals surface area (Å²) in [6.07, 6.45) is 2.69. The second-order valence-corrected chi connectivity index (χ2v) is 10.3. The number of rotatable bonds is 10. The largest absolute Gasteiger partial charge is 0.464 e. The number of tetrazole rings is 1. The van der Waals surface area contributed by atoms with Gasteiger partial charge in [0.05, 0.1) is 35.2 Å². The molecule has 4 aromatic rings. The van der Waals surface area contributed by atoms with Gasteiger partial charge < -0.3 is 15.3 Å². The van der Waals surface area contributed by atoms with E-state index in [2.05, 4.69) is 31.0 Å². The molecule has 43 heavy (non-hydrogen) atoms. The first-order valence-corrected chi connectivity index (χ1v) is 13.7. The Bertz CT molecular complexity index is 1630. The maximum absolute atomic E-state index is 13.2. The molecule has 15 heteroatoms. The van der Waals surface area contributed by atoms with Crippen LogP contribution in [0.2, 0.25) is 10.2 Å². The van der Waals surface area contributed by atoms with Crippen LogP contribution in [-0.4, -0.2) is 71.4 Å². The molecule has 1 unspecified atom stereocenters. The van der Waals surface area contributed by atoms with E-state index in [1.54, 1.807) is 55.6 Å². The molecule has 0 spiro atoms. The quantitative estimate of drug-likeness (QED) is 0.239. The lowest BCUT2D eigenvalue weighted by Gasteiger charge is -2.25. The predicted octanol–water partition coefficient (Wildman–Crippen LogP) is 4.70. The third-order valence-corrected chi connectivity index (χ3v) is 6.92. The summed E-state index contributed by atoms with van der Waals surface area (Å²) in [7, 11) is 1.64. The van der Waals surface area contributed by atoms with Crippen LogP contribution in [0.15, 0.2) is 67.0 Å². The molecule has 0 aliphatic heterocycles. The van der Waals surface area contributed by atoms with Gasteiger partial charge in [0.2, 0.25) is 11.8 Å². The Balaban J connectivity index is 1.68. The van der Waals surface area contributed by atoms with Gasteiger partial charge in [-0.25, -0.2) is 9.69 Å². The minimum absolute atomic E-state index is 0.00910. The molecule has 3 amide bonds. The third-order valence-electron chi connectivity index (χ3n) is 6.42. The zero-order valence-corrected chi connectivity index (χ0v) is 24.8. The highest BCUT2D eigenvalue weighted by Gasteiger charge is 2.27. The fourth-order valence-corrected chi connectivity index (χ4v) is 4.36. The number of halogens is 2. The molecule has 0 fully saturated rings. The van der Waals surface area contributed by atoms with Crippen LogP contribution >= 0.6 is 23.2 Å². The standard InChI is InChI=1S/C28H27Cl2N9O4/c1-17(2)37(3)26(41)15-21(22-14-24(27(30)34-33-22)39(28(42)43)20-7-5-4-6-8-20)32-25(40)12-9-18-13-19(29)10-11-23(18)38-16-31-35-36-38/h4-14,16-17,21H,15H2,1-3H3,(H,32,40)(H,42,43). The number of benzene rings is 2. The van der Waals surface area contributed by atoms with Crippen LogP contribution in [0.1, 0.15) is 37.6 Å².